The fourth-order valence-electron chi connectivity index (χ4n) is 1.20. The van der Waals surface area contributed by atoms with Gasteiger partial charge in [0.2, 0.25) is 0 Å². The van der Waals surface area contributed by atoms with Crippen molar-refractivity contribution in [2.24, 2.45) is 0 Å². The van der Waals surface area contributed by atoms with Crippen molar-refractivity contribution >= 4 is 11.3 Å². The van der Waals surface area contributed by atoms with E-state index in [1.165, 1.54) is 17.1 Å². The number of fused-ring (bicyclic) bond motifs is 1. The van der Waals surface area contributed by atoms with Gasteiger partial charge in [0.05, 0.1) is 5.69 Å². The number of likely N-dealkylation sites (N-methyl/N-ethyl adjacent to an activating group) is 1. The smallest absolute Gasteiger partial charge is 0.152 e. The Morgan fingerprint density at radius 3 is 3.50 bits per heavy atom. The van der Waals surface area contributed by atoms with E-state index in [-0.39, 0.29) is 0 Å². The fraction of sp³-hybridized carbons (Fsp3) is 0.571. The molecule has 2 nitrogen and oxygen atoms in total. The second-order valence-electron chi connectivity index (χ2n) is 2.66. The third-order valence-corrected chi connectivity index (χ3v) is 2.68. The van der Waals surface area contributed by atoms with Gasteiger partial charge in [-0.25, -0.2) is 4.98 Å². The Bertz CT molecular complexity index is 231. The summed E-state index contributed by atoms with van der Waals surface area (Å²) in [4.78, 5) is 7.88. The van der Waals surface area contributed by atoms with Crippen LogP contribution in [-0.4, -0.2) is 23.5 Å². The predicted octanol–water partition coefficient (Wildman–Crippen LogP) is 0.931. The van der Waals surface area contributed by atoms with Gasteiger partial charge in [-0.1, -0.05) is 0 Å². The van der Waals surface area contributed by atoms with E-state index < -0.39 is 0 Å². The fourth-order valence-corrected chi connectivity index (χ4v) is 1.89. The Kier molecular flexibility index (Phi) is 1.47. The van der Waals surface area contributed by atoms with Crippen LogP contribution in [-0.2, 0) is 13.0 Å². The lowest BCUT2D eigenvalue weighted by Crippen LogP contribution is -2.25. The molecule has 53 valence electrons. The highest BCUT2D eigenvalue weighted by molar-refractivity contribution is 7.09. The zero-order chi connectivity index (χ0) is 6.97. The summed E-state index contributed by atoms with van der Waals surface area (Å²) in [6.45, 7) is 2.18. The van der Waals surface area contributed by atoms with Crippen molar-refractivity contribution in [2.75, 3.05) is 13.6 Å². The average Bonchev–Trinajstić information content (AvgIpc) is 2.33. The highest BCUT2D eigenvalue weighted by Gasteiger charge is 2.14. The van der Waals surface area contributed by atoms with E-state index in [2.05, 4.69) is 22.4 Å². The standard InChI is InChI=1S/C7H9N2S/c1-9-3-2-7-6(4-9)8-5-10-7/h2-4H2,1H3. The molecule has 1 aliphatic rings. The molecule has 1 aromatic rings. The Hall–Kier alpha value is -0.410. The number of nitrogens with zero attached hydrogens (tertiary/aromatic N) is 2. The van der Waals surface area contributed by atoms with Crippen LogP contribution in [0.5, 0.6) is 0 Å². The van der Waals surface area contributed by atoms with E-state index in [4.69, 9.17) is 0 Å². The third kappa shape index (κ3) is 0.954. The first kappa shape index (κ1) is 6.31. The molecular weight excluding hydrogens is 144 g/mol. The summed E-state index contributed by atoms with van der Waals surface area (Å²) in [5.41, 5.74) is 4.16. The molecule has 2 heterocycles. The molecule has 0 spiro atoms. The molecule has 0 atom stereocenters. The maximum absolute atomic E-state index is 4.16. The molecule has 1 radical (unpaired) electrons. The van der Waals surface area contributed by atoms with Crippen LogP contribution in [0.25, 0.3) is 0 Å². The molecule has 2 rings (SSSR count). The number of hydrogen-bond donors (Lipinski definition) is 0. The second-order valence-corrected chi connectivity index (χ2v) is 3.54. The van der Waals surface area contributed by atoms with Crippen molar-refractivity contribution in [1.29, 1.82) is 0 Å². The molecule has 1 aromatic heterocycles. The lowest BCUT2D eigenvalue weighted by atomic mass is 10.2. The highest BCUT2D eigenvalue weighted by atomic mass is 32.1. The molecule has 0 aromatic carbocycles. The molecule has 1 aliphatic heterocycles. The van der Waals surface area contributed by atoms with Crippen LogP contribution in [0.3, 0.4) is 0 Å². The van der Waals surface area contributed by atoms with E-state index in [9.17, 15) is 0 Å². The minimum atomic E-state index is 1.01. The normalized spacial score (nSPS) is 18.9. The topological polar surface area (TPSA) is 16.1 Å². The van der Waals surface area contributed by atoms with E-state index in [1.807, 2.05) is 0 Å². The molecule has 0 fully saturated rings. The van der Waals surface area contributed by atoms with Gasteiger partial charge < -0.3 is 4.90 Å². The maximum Gasteiger partial charge on any atom is 0.152 e. The van der Waals surface area contributed by atoms with E-state index >= 15 is 0 Å². The SMILES string of the molecule is CN1CCc2s[c]nc2C1. The Labute approximate surface area is 64.5 Å². The first-order valence-corrected chi connectivity index (χ1v) is 4.21. The minimum absolute atomic E-state index is 1.01. The summed E-state index contributed by atoms with van der Waals surface area (Å²) in [5, 5.41) is 0. The molecule has 10 heavy (non-hydrogen) atoms. The number of aromatic nitrogens is 1. The summed E-state index contributed by atoms with van der Waals surface area (Å²) in [5.74, 6) is 0. The molecule has 0 saturated heterocycles. The molecule has 0 N–H and O–H groups in total. The van der Waals surface area contributed by atoms with Crippen molar-refractivity contribution in [3.8, 4) is 0 Å². The molecule has 3 heteroatoms. The van der Waals surface area contributed by atoms with Gasteiger partial charge in [-0.3, -0.25) is 0 Å². The summed E-state index contributed by atoms with van der Waals surface area (Å²) in [7, 11) is 2.13. The van der Waals surface area contributed by atoms with Crippen molar-refractivity contribution in [3.63, 3.8) is 0 Å². The molecule has 0 aliphatic carbocycles. The second kappa shape index (κ2) is 2.32. The van der Waals surface area contributed by atoms with Crippen molar-refractivity contribution < 1.29 is 0 Å². The Morgan fingerprint density at radius 2 is 2.60 bits per heavy atom. The Morgan fingerprint density at radius 1 is 1.70 bits per heavy atom. The molecular formula is C7H9N2S. The first-order valence-electron chi connectivity index (χ1n) is 3.39. The van der Waals surface area contributed by atoms with Crippen LogP contribution in [0.2, 0.25) is 0 Å². The summed E-state index contributed by atoms with van der Waals surface area (Å²) in [6.07, 6.45) is 1.16. The van der Waals surface area contributed by atoms with E-state index in [0.717, 1.165) is 13.0 Å². The number of thiazole rings is 1. The van der Waals surface area contributed by atoms with E-state index in [0.29, 0.717) is 0 Å². The van der Waals surface area contributed by atoms with Crippen LogP contribution in [0.1, 0.15) is 10.6 Å². The first-order chi connectivity index (χ1) is 4.86. The van der Waals surface area contributed by atoms with Crippen LogP contribution in [0.15, 0.2) is 0 Å². The van der Waals surface area contributed by atoms with Gasteiger partial charge in [0.15, 0.2) is 5.51 Å². The number of rotatable bonds is 0. The van der Waals surface area contributed by atoms with Crippen LogP contribution in [0, 0.1) is 5.51 Å². The summed E-state index contributed by atoms with van der Waals surface area (Å²) >= 11 is 1.66. The lowest BCUT2D eigenvalue weighted by molar-refractivity contribution is 0.311. The van der Waals surface area contributed by atoms with Gasteiger partial charge in [0, 0.05) is 18.0 Å². The largest absolute Gasteiger partial charge is 0.300 e. The van der Waals surface area contributed by atoms with Gasteiger partial charge >= 0.3 is 0 Å². The van der Waals surface area contributed by atoms with Crippen molar-refractivity contribution in [3.05, 3.63) is 16.1 Å². The van der Waals surface area contributed by atoms with Crippen molar-refractivity contribution in [2.45, 2.75) is 13.0 Å². The average molecular weight is 153 g/mol. The van der Waals surface area contributed by atoms with Gasteiger partial charge in [-0.05, 0) is 13.5 Å². The zero-order valence-corrected chi connectivity index (χ0v) is 6.74. The molecule has 0 amide bonds. The predicted molar refractivity (Wildman–Crippen MR) is 41.0 cm³/mol. The van der Waals surface area contributed by atoms with Gasteiger partial charge in [0.25, 0.3) is 0 Å². The quantitative estimate of drug-likeness (QED) is 0.551. The van der Waals surface area contributed by atoms with Crippen LogP contribution >= 0.6 is 11.3 Å². The monoisotopic (exact) mass is 153 g/mol. The zero-order valence-electron chi connectivity index (χ0n) is 5.92. The van der Waals surface area contributed by atoms with Crippen molar-refractivity contribution in [1.82, 2.24) is 9.88 Å². The number of hydrogen-bond acceptors (Lipinski definition) is 3. The summed E-state index contributed by atoms with van der Waals surface area (Å²) < 4.78 is 0. The van der Waals surface area contributed by atoms with Crippen LogP contribution in [0.4, 0.5) is 0 Å². The lowest BCUT2D eigenvalue weighted by Gasteiger charge is -2.20. The molecule has 0 bridgehead atoms. The van der Waals surface area contributed by atoms with Crippen LogP contribution < -0.4 is 0 Å². The third-order valence-electron chi connectivity index (χ3n) is 1.81. The molecule has 0 saturated carbocycles. The maximum atomic E-state index is 4.16. The van der Waals surface area contributed by atoms with Gasteiger partial charge in [-0.15, -0.1) is 11.3 Å². The Balaban J connectivity index is 2.30. The highest BCUT2D eigenvalue weighted by Crippen LogP contribution is 2.19. The minimum Gasteiger partial charge on any atom is -0.300 e. The van der Waals surface area contributed by atoms with E-state index in [1.54, 1.807) is 11.3 Å². The van der Waals surface area contributed by atoms with Gasteiger partial charge in [0.1, 0.15) is 0 Å². The van der Waals surface area contributed by atoms with Gasteiger partial charge in [-0.2, -0.15) is 0 Å². The summed E-state index contributed by atoms with van der Waals surface area (Å²) in [6, 6.07) is 0. The molecule has 0 unspecified atom stereocenters.